The Labute approximate surface area is 219 Å². The number of pyridine rings is 1. The number of carbonyl (C=O) groups is 1. The van der Waals surface area contributed by atoms with Crippen molar-refractivity contribution < 1.29 is 35.2 Å². The Morgan fingerprint density at radius 1 is 1.13 bits per heavy atom. The lowest BCUT2D eigenvalue weighted by molar-refractivity contribution is -0.145. The number of hydrogen-bond donors (Lipinski definition) is 1. The van der Waals surface area contributed by atoms with Crippen LogP contribution in [0, 0.1) is 17.1 Å². The lowest BCUT2D eigenvalue weighted by Crippen LogP contribution is -2.48. The van der Waals surface area contributed by atoms with Crippen LogP contribution in [0.15, 0.2) is 53.9 Å². The van der Waals surface area contributed by atoms with E-state index in [2.05, 4.69) is 20.3 Å². The van der Waals surface area contributed by atoms with E-state index < -0.39 is 63.5 Å². The molecule has 204 valence electrons. The van der Waals surface area contributed by atoms with Crippen LogP contribution in [0.4, 0.5) is 22.0 Å². The summed E-state index contributed by atoms with van der Waals surface area (Å²) in [4.78, 5) is 23.2. The van der Waals surface area contributed by atoms with E-state index in [0.29, 0.717) is 16.1 Å². The lowest BCUT2D eigenvalue weighted by Gasteiger charge is -2.26. The van der Waals surface area contributed by atoms with Crippen LogP contribution >= 0.6 is 0 Å². The fourth-order valence-electron chi connectivity index (χ4n) is 4.14. The van der Waals surface area contributed by atoms with Crippen molar-refractivity contribution >= 4 is 15.9 Å². The van der Waals surface area contributed by atoms with E-state index in [0.717, 1.165) is 24.5 Å². The van der Waals surface area contributed by atoms with Crippen molar-refractivity contribution in [3.63, 3.8) is 0 Å². The summed E-state index contributed by atoms with van der Waals surface area (Å²) in [5.41, 5.74) is 0.974. The first kappa shape index (κ1) is 28.0. The second kappa shape index (κ2) is 10.6. The molecule has 1 aromatic carbocycles. The first-order chi connectivity index (χ1) is 18.3. The smallest absolute Gasteiger partial charge is 0.351 e. The second-order valence-electron chi connectivity index (χ2n) is 8.65. The first-order valence-electron chi connectivity index (χ1n) is 11.3. The van der Waals surface area contributed by atoms with Gasteiger partial charge in [-0.25, -0.2) is 32.2 Å². The number of alkyl halides is 4. The van der Waals surface area contributed by atoms with Gasteiger partial charge in [-0.05, 0) is 42.3 Å². The monoisotopic (exact) mass is 566 g/mol. The molecule has 3 unspecified atom stereocenters. The van der Waals surface area contributed by atoms with E-state index >= 15 is 0 Å². The van der Waals surface area contributed by atoms with E-state index in [4.69, 9.17) is 0 Å². The second-order valence-corrected chi connectivity index (χ2v) is 10.4. The molecule has 0 bridgehead atoms. The van der Waals surface area contributed by atoms with Crippen LogP contribution in [0.2, 0.25) is 0 Å². The molecule has 3 atom stereocenters. The summed E-state index contributed by atoms with van der Waals surface area (Å²) in [7, 11) is -4.48. The maximum Gasteiger partial charge on any atom is 0.451 e. The van der Waals surface area contributed by atoms with E-state index in [-0.39, 0.29) is 23.2 Å². The number of nitrogens with one attached hydrogen (secondary N) is 1. The Morgan fingerprint density at radius 2 is 1.82 bits per heavy atom. The quantitative estimate of drug-likeness (QED) is 0.453. The summed E-state index contributed by atoms with van der Waals surface area (Å²) >= 11 is 0. The zero-order valence-corrected chi connectivity index (χ0v) is 20.8. The standard InChI is InChI=1S/C24H19F5N6O3S/c1-13-19(26)7-20(35(13)39(37,38)21-5-4-18(25)12-31-21)22(36)32-9-16-6-14(2-3-15(16)8-30)17-10-33-23(34-11-17)24(27,28)29/h2-6,10-13,19-20H,7,9H2,1H3,(H,32,36). The van der Waals surface area contributed by atoms with Crippen molar-refractivity contribution in [2.24, 2.45) is 0 Å². The Bertz CT molecular complexity index is 1530. The average molecular weight is 567 g/mol. The molecule has 3 heterocycles. The zero-order chi connectivity index (χ0) is 28.5. The Kier molecular flexibility index (Phi) is 7.62. The summed E-state index contributed by atoms with van der Waals surface area (Å²) in [5.74, 6) is -2.95. The summed E-state index contributed by atoms with van der Waals surface area (Å²) in [6, 6.07) is 5.35. The highest BCUT2D eigenvalue weighted by atomic mass is 32.2. The number of hydrogen-bond acceptors (Lipinski definition) is 7. The van der Waals surface area contributed by atoms with Crippen LogP contribution in [-0.2, 0) is 27.5 Å². The number of halogens is 5. The third-order valence-corrected chi connectivity index (χ3v) is 8.05. The molecule has 1 fully saturated rings. The number of nitriles is 1. The minimum Gasteiger partial charge on any atom is -0.351 e. The van der Waals surface area contributed by atoms with Gasteiger partial charge in [0.25, 0.3) is 10.0 Å². The number of sulfonamides is 1. The highest BCUT2D eigenvalue weighted by Gasteiger charge is 2.49. The van der Waals surface area contributed by atoms with Gasteiger partial charge in [-0.2, -0.15) is 22.7 Å². The molecule has 1 saturated heterocycles. The van der Waals surface area contributed by atoms with Crippen molar-refractivity contribution in [3.8, 4) is 17.2 Å². The first-order valence-corrected chi connectivity index (χ1v) is 12.8. The molecule has 1 aliphatic rings. The van der Waals surface area contributed by atoms with Crippen molar-refractivity contribution in [1.82, 2.24) is 24.6 Å². The molecule has 0 saturated carbocycles. The van der Waals surface area contributed by atoms with Crippen LogP contribution in [0.3, 0.4) is 0 Å². The fourth-order valence-corrected chi connectivity index (χ4v) is 5.87. The molecule has 39 heavy (non-hydrogen) atoms. The van der Waals surface area contributed by atoms with Crippen molar-refractivity contribution in [1.29, 1.82) is 5.26 Å². The Morgan fingerprint density at radius 3 is 2.41 bits per heavy atom. The van der Waals surface area contributed by atoms with Crippen LogP contribution < -0.4 is 5.32 Å². The van der Waals surface area contributed by atoms with E-state index in [9.17, 15) is 40.4 Å². The normalized spacial score (nSPS) is 20.0. The number of aromatic nitrogens is 3. The molecular weight excluding hydrogens is 547 g/mol. The van der Waals surface area contributed by atoms with Gasteiger partial charge in [0.05, 0.1) is 23.9 Å². The molecule has 1 aliphatic heterocycles. The fraction of sp³-hybridized carbons (Fsp3) is 0.292. The maximum absolute atomic E-state index is 14.6. The van der Waals surface area contributed by atoms with Gasteiger partial charge in [0.15, 0.2) is 5.03 Å². The Balaban J connectivity index is 1.56. The third kappa shape index (κ3) is 5.71. The van der Waals surface area contributed by atoms with E-state index in [1.807, 2.05) is 6.07 Å². The molecule has 1 N–H and O–H groups in total. The van der Waals surface area contributed by atoms with Gasteiger partial charge in [-0.1, -0.05) is 6.07 Å². The topological polar surface area (TPSA) is 129 Å². The zero-order valence-electron chi connectivity index (χ0n) is 20.0. The van der Waals surface area contributed by atoms with Crippen LogP contribution in [0.1, 0.15) is 30.3 Å². The van der Waals surface area contributed by atoms with Crippen molar-refractivity contribution in [3.05, 3.63) is 71.7 Å². The third-order valence-electron chi connectivity index (χ3n) is 6.14. The number of nitrogens with zero attached hydrogens (tertiary/aromatic N) is 5. The van der Waals surface area contributed by atoms with Gasteiger partial charge in [0.2, 0.25) is 11.7 Å². The van der Waals surface area contributed by atoms with Gasteiger partial charge in [-0.15, -0.1) is 0 Å². The highest BCUT2D eigenvalue weighted by molar-refractivity contribution is 7.89. The highest BCUT2D eigenvalue weighted by Crippen LogP contribution is 2.33. The predicted molar refractivity (Wildman–Crippen MR) is 125 cm³/mol. The summed E-state index contributed by atoms with van der Waals surface area (Å²) < 4.78 is 93.2. The van der Waals surface area contributed by atoms with E-state index in [1.165, 1.54) is 25.1 Å². The minimum absolute atomic E-state index is 0.134. The van der Waals surface area contributed by atoms with Crippen molar-refractivity contribution in [2.75, 3.05) is 0 Å². The molecule has 0 spiro atoms. The molecule has 0 radical (unpaired) electrons. The van der Waals surface area contributed by atoms with Gasteiger partial charge in [0, 0.05) is 30.9 Å². The maximum atomic E-state index is 14.6. The molecule has 4 rings (SSSR count). The van der Waals surface area contributed by atoms with Crippen LogP contribution in [0.25, 0.3) is 11.1 Å². The molecule has 9 nitrogen and oxygen atoms in total. The lowest BCUT2D eigenvalue weighted by atomic mass is 10.0. The van der Waals surface area contributed by atoms with Gasteiger partial charge >= 0.3 is 6.18 Å². The number of benzene rings is 1. The minimum atomic E-state index is -4.72. The largest absolute Gasteiger partial charge is 0.451 e. The Hall–Kier alpha value is -4.03. The van der Waals surface area contributed by atoms with Crippen molar-refractivity contribution in [2.45, 2.75) is 49.3 Å². The van der Waals surface area contributed by atoms with Gasteiger partial charge in [0.1, 0.15) is 18.0 Å². The molecule has 1 amide bonds. The van der Waals surface area contributed by atoms with Crippen LogP contribution in [-0.4, -0.2) is 51.8 Å². The van der Waals surface area contributed by atoms with Gasteiger partial charge < -0.3 is 5.32 Å². The summed E-state index contributed by atoms with van der Waals surface area (Å²) in [6.07, 6.45) is -4.22. The summed E-state index contributed by atoms with van der Waals surface area (Å²) in [6.45, 7) is 1.02. The predicted octanol–water partition coefficient (Wildman–Crippen LogP) is 3.37. The molecule has 3 aromatic rings. The number of carbonyl (C=O) groups excluding carboxylic acids is 1. The van der Waals surface area contributed by atoms with E-state index in [1.54, 1.807) is 0 Å². The molecule has 0 aliphatic carbocycles. The van der Waals surface area contributed by atoms with Crippen LogP contribution in [0.5, 0.6) is 0 Å². The molecule has 2 aromatic heterocycles. The average Bonchev–Trinajstić information content (AvgIpc) is 3.21. The van der Waals surface area contributed by atoms with Gasteiger partial charge in [-0.3, -0.25) is 4.79 Å². The molecular formula is C24H19F5N6O3S. The summed E-state index contributed by atoms with van der Waals surface area (Å²) in [5, 5.41) is 11.4. The number of rotatable bonds is 6. The molecule has 15 heteroatoms. The number of amides is 1. The SMILES string of the molecule is CC1C(F)CC(C(=O)NCc2cc(-c3cnc(C(F)(F)F)nc3)ccc2C#N)N1S(=O)(=O)c1ccc(F)cn1.